The Morgan fingerprint density at radius 3 is 2.77 bits per heavy atom. The van der Waals surface area contributed by atoms with E-state index >= 15 is 0 Å². The smallest absolute Gasteiger partial charge is 0.211 e. The first kappa shape index (κ1) is 11.5. The Bertz CT molecular complexity index is 251. The van der Waals surface area contributed by atoms with E-state index in [1.165, 1.54) is 6.26 Å². The molecule has 0 spiro atoms. The molecule has 1 saturated heterocycles. The van der Waals surface area contributed by atoms with Crippen LogP contribution in [0.5, 0.6) is 0 Å². The molecular weight excluding hydrogens is 254 g/mol. The highest BCUT2D eigenvalue weighted by atomic mass is 79.9. The molecule has 1 aliphatic heterocycles. The third-order valence-electron chi connectivity index (χ3n) is 2.47. The molecule has 0 radical (unpaired) electrons. The van der Waals surface area contributed by atoms with Gasteiger partial charge in [0.25, 0.3) is 0 Å². The van der Waals surface area contributed by atoms with Crippen LogP contribution >= 0.6 is 15.9 Å². The second kappa shape index (κ2) is 4.75. The van der Waals surface area contributed by atoms with Crippen molar-refractivity contribution in [1.29, 1.82) is 0 Å². The SMILES string of the molecule is CS(=O)(=O)N1CCCC(CCBr)C1. The lowest BCUT2D eigenvalue weighted by atomic mass is 9.97. The Balaban J connectivity index is 2.52. The van der Waals surface area contributed by atoms with Crippen molar-refractivity contribution in [2.24, 2.45) is 5.92 Å². The van der Waals surface area contributed by atoms with E-state index in [1.807, 2.05) is 0 Å². The first-order chi connectivity index (χ1) is 6.04. The van der Waals surface area contributed by atoms with E-state index in [0.717, 1.165) is 24.6 Å². The van der Waals surface area contributed by atoms with Crippen molar-refractivity contribution in [2.75, 3.05) is 24.7 Å². The maximum Gasteiger partial charge on any atom is 0.211 e. The third kappa shape index (κ3) is 3.56. The molecule has 0 bridgehead atoms. The second-order valence-corrected chi connectivity index (χ2v) is 6.38. The molecule has 78 valence electrons. The summed E-state index contributed by atoms with van der Waals surface area (Å²) < 4.78 is 24.1. The fourth-order valence-corrected chi connectivity index (χ4v) is 3.31. The number of piperidine rings is 1. The number of halogens is 1. The van der Waals surface area contributed by atoms with E-state index in [1.54, 1.807) is 4.31 Å². The minimum Gasteiger partial charge on any atom is -0.213 e. The van der Waals surface area contributed by atoms with E-state index in [-0.39, 0.29) is 0 Å². The normalized spacial score (nSPS) is 26.2. The fourth-order valence-electron chi connectivity index (χ4n) is 1.72. The quantitative estimate of drug-likeness (QED) is 0.728. The van der Waals surface area contributed by atoms with E-state index in [9.17, 15) is 8.42 Å². The number of hydrogen-bond acceptors (Lipinski definition) is 2. The topological polar surface area (TPSA) is 37.4 Å². The molecule has 3 nitrogen and oxygen atoms in total. The van der Waals surface area contributed by atoms with Crippen LogP contribution in [0.1, 0.15) is 19.3 Å². The standard InChI is InChI=1S/C8H16BrNO2S/c1-13(11,12)10-6-2-3-8(7-10)4-5-9/h8H,2-7H2,1H3. The van der Waals surface area contributed by atoms with E-state index in [0.29, 0.717) is 19.0 Å². The summed E-state index contributed by atoms with van der Waals surface area (Å²) in [6, 6.07) is 0. The van der Waals surface area contributed by atoms with Gasteiger partial charge in [-0.1, -0.05) is 15.9 Å². The van der Waals surface area contributed by atoms with Gasteiger partial charge < -0.3 is 0 Å². The maximum absolute atomic E-state index is 11.3. The first-order valence-electron chi connectivity index (χ1n) is 4.55. The van der Waals surface area contributed by atoms with Crippen LogP contribution in [0.25, 0.3) is 0 Å². The van der Waals surface area contributed by atoms with Gasteiger partial charge in [-0.05, 0) is 25.2 Å². The van der Waals surface area contributed by atoms with Crippen LogP contribution in [-0.4, -0.2) is 37.4 Å². The number of hydrogen-bond donors (Lipinski definition) is 0. The van der Waals surface area contributed by atoms with Gasteiger partial charge in [0.2, 0.25) is 10.0 Å². The third-order valence-corrected chi connectivity index (χ3v) is 4.20. The highest BCUT2D eigenvalue weighted by Crippen LogP contribution is 2.21. The van der Waals surface area contributed by atoms with Crippen molar-refractivity contribution in [1.82, 2.24) is 4.31 Å². The number of nitrogens with zero attached hydrogens (tertiary/aromatic N) is 1. The number of sulfonamides is 1. The van der Waals surface area contributed by atoms with Crippen molar-refractivity contribution in [3.05, 3.63) is 0 Å². The summed E-state index contributed by atoms with van der Waals surface area (Å²) in [6.45, 7) is 1.42. The van der Waals surface area contributed by atoms with Crippen LogP contribution in [0.15, 0.2) is 0 Å². The number of rotatable bonds is 3. The van der Waals surface area contributed by atoms with Crippen molar-refractivity contribution >= 4 is 26.0 Å². The van der Waals surface area contributed by atoms with Gasteiger partial charge in [-0.25, -0.2) is 12.7 Å². The molecule has 0 aromatic heterocycles. The minimum atomic E-state index is -2.96. The van der Waals surface area contributed by atoms with Crippen molar-refractivity contribution in [3.8, 4) is 0 Å². The summed E-state index contributed by atoms with van der Waals surface area (Å²) in [5.74, 6) is 0.544. The van der Waals surface area contributed by atoms with Gasteiger partial charge >= 0.3 is 0 Å². The lowest BCUT2D eigenvalue weighted by molar-refractivity contribution is 0.264. The molecule has 13 heavy (non-hydrogen) atoms. The zero-order valence-electron chi connectivity index (χ0n) is 7.87. The monoisotopic (exact) mass is 269 g/mol. The lowest BCUT2D eigenvalue weighted by Gasteiger charge is -2.30. The van der Waals surface area contributed by atoms with Crippen molar-refractivity contribution in [2.45, 2.75) is 19.3 Å². The average Bonchev–Trinajstić information content (AvgIpc) is 2.04. The molecule has 1 fully saturated rings. The molecule has 0 aromatic rings. The van der Waals surface area contributed by atoms with Crippen LogP contribution in [0.4, 0.5) is 0 Å². The summed E-state index contributed by atoms with van der Waals surface area (Å²) in [4.78, 5) is 0. The zero-order valence-corrected chi connectivity index (χ0v) is 10.3. The van der Waals surface area contributed by atoms with Gasteiger partial charge in [0.05, 0.1) is 6.26 Å². The van der Waals surface area contributed by atoms with Crippen LogP contribution in [0.2, 0.25) is 0 Å². The molecule has 0 aromatic carbocycles. The highest BCUT2D eigenvalue weighted by Gasteiger charge is 2.24. The predicted octanol–water partition coefficient (Wildman–Crippen LogP) is 1.44. The Labute approximate surface area is 88.7 Å². The molecule has 1 unspecified atom stereocenters. The molecule has 0 aliphatic carbocycles. The van der Waals surface area contributed by atoms with Crippen molar-refractivity contribution < 1.29 is 8.42 Å². The van der Waals surface area contributed by atoms with Crippen molar-refractivity contribution in [3.63, 3.8) is 0 Å². The van der Waals surface area contributed by atoms with Crippen LogP contribution in [-0.2, 0) is 10.0 Å². The fraction of sp³-hybridized carbons (Fsp3) is 1.00. The molecule has 5 heteroatoms. The van der Waals surface area contributed by atoms with Gasteiger partial charge in [-0.3, -0.25) is 0 Å². The van der Waals surface area contributed by atoms with Crippen LogP contribution in [0.3, 0.4) is 0 Å². The summed E-state index contributed by atoms with van der Waals surface area (Å²) in [7, 11) is -2.96. The summed E-state index contributed by atoms with van der Waals surface area (Å²) in [5.41, 5.74) is 0. The highest BCUT2D eigenvalue weighted by molar-refractivity contribution is 9.09. The molecule has 0 saturated carbocycles. The molecule has 1 aliphatic rings. The molecule has 0 N–H and O–H groups in total. The maximum atomic E-state index is 11.3. The van der Waals surface area contributed by atoms with Gasteiger partial charge in [-0.2, -0.15) is 0 Å². The Kier molecular flexibility index (Phi) is 4.19. The lowest BCUT2D eigenvalue weighted by Crippen LogP contribution is -2.39. The molecule has 1 rings (SSSR count). The molecular formula is C8H16BrNO2S. The minimum absolute atomic E-state index is 0.544. The van der Waals surface area contributed by atoms with E-state index in [2.05, 4.69) is 15.9 Å². The van der Waals surface area contributed by atoms with Gasteiger partial charge in [0.15, 0.2) is 0 Å². The van der Waals surface area contributed by atoms with Crippen LogP contribution in [0, 0.1) is 5.92 Å². The van der Waals surface area contributed by atoms with E-state index < -0.39 is 10.0 Å². The van der Waals surface area contributed by atoms with Gasteiger partial charge in [0.1, 0.15) is 0 Å². The van der Waals surface area contributed by atoms with Gasteiger partial charge in [-0.15, -0.1) is 0 Å². The summed E-state index contributed by atoms with van der Waals surface area (Å²) in [5, 5.41) is 0.968. The average molecular weight is 270 g/mol. The molecule has 1 atom stereocenters. The molecule has 1 heterocycles. The van der Waals surface area contributed by atoms with E-state index in [4.69, 9.17) is 0 Å². The summed E-state index contributed by atoms with van der Waals surface area (Å²) >= 11 is 3.39. The zero-order chi connectivity index (χ0) is 9.90. The number of alkyl halides is 1. The largest absolute Gasteiger partial charge is 0.213 e. The molecule has 0 amide bonds. The Morgan fingerprint density at radius 1 is 1.54 bits per heavy atom. The van der Waals surface area contributed by atoms with Gasteiger partial charge in [0, 0.05) is 18.4 Å². The Morgan fingerprint density at radius 2 is 2.23 bits per heavy atom. The summed E-state index contributed by atoms with van der Waals surface area (Å²) in [6.07, 6.45) is 4.54. The first-order valence-corrected chi connectivity index (χ1v) is 7.52. The predicted molar refractivity (Wildman–Crippen MR) is 57.6 cm³/mol. The Hall–Kier alpha value is 0.390. The van der Waals surface area contributed by atoms with Crippen LogP contribution < -0.4 is 0 Å². The second-order valence-electron chi connectivity index (χ2n) is 3.61.